The maximum Gasteiger partial charge on any atom is 0.319 e. The number of anilines is 1. The summed E-state index contributed by atoms with van der Waals surface area (Å²) in [6.07, 6.45) is 7.09. The van der Waals surface area contributed by atoms with E-state index in [1.807, 2.05) is 0 Å². The first kappa shape index (κ1) is 18.5. The molecule has 24 heavy (non-hydrogen) atoms. The molecule has 2 rings (SSSR count). The summed E-state index contributed by atoms with van der Waals surface area (Å²) in [6.45, 7) is 3.78. The van der Waals surface area contributed by atoms with Gasteiger partial charge >= 0.3 is 6.03 Å². The minimum Gasteiger partial charge on any atom is -0.335 e. The lowest BCUT2D eigenvalue weighted by Gasteiger charge is -2.22. The van der Waals surface area contributed by atoms with Crippen LogP contribution in [-0.2, 0) is 10.0 Å². The molecule has 1 aromatic rings. The van der Waals surface area contributed by atoms with Crippen molar-refractivity contribution >= 4 is 21.7 Å². The van der Waals surface area contributed by atoms with Gasteiger partial charge in [0.15, 0.2) is 0 Å². The van der Waals surface area contributed by atoms with Crippen LogP contribution in [0.1, 0.15) is 32.1 Å². The van der Waals surface area contributed by atoms with Crippen molar-refractivity contribution in [2.45, 2.75) is 43.0 Å². The molecule has 1 aliphatic carbocycles. The number of likely N-dealkylation sites (N-methyl/N-ethyl adjacent to an activating group) is 1. The normalized spacial score (nSPS) is 15.9. The molecule has 0 bridgehead atoms. The van der Waals surface area contributed by atoms with Gasteiger partial charge in [-0.2, -0.15) is 4.31 Å². The summed E-state index contributed by atoms with van der Waals surface area (Å²) < 4.78 is 25.8. The van der Waals surface area contributed by atoms with E-state index in [0.29, 0.717) is 5.69 Å². The molecule has 1 aliphatic rings. The third-order valence-electron chi connectivity index (χ3n) is 4.15. The molecule has 132 valence electrons. The number of carbonyl (C=O) groups excluding carboxylic acids is 1. The van der Waals surface area contributed by atoms with E-state index < -0.39 is 10.0 Å². The maximum atomic E-state index is 12.3. The molecule has 0 atom stereocenters. The van der Waals surface area contributed by atoms with Gasteiger partial charge in [-0.05, 0) is 37.1 Å². The quantitative estimate of drug-likeness (QED) is 0.774. The summed E-state index contributed by atoms with van der Waals surface area (Å²) in [5, 5.41) is 5.71. The third-order valence-corrected chi connectivity index (χ3v) is 5.98. The van der Waals surface area contributed by atoms with Gasteiger partial charge in [0, 0.05) is 25.3 Å². The maximum absolute atomic E-state index is 12.3. The SMILES string of the molecule is C=CCN(C)S(=O)(=O)c1ccc(NC(=O)NC2CCCCC2)cc1. The fourth-order valence-corrected chi connectivity index (χ4v) is 3.91. The second kappa shape index (κ2) is 8.30. The molecule has 0 radical (unpaired) electrons. The van der Waals surface area contributed by atoms with Crippen LogP contribution in [0.4, 0.5) is 10.5 Å². The number of urea groups is 1. The molecule has 2 N–H and O–H groups in total. The van der Waals surface area contributed by atoms with Crippen molar-refractivity contribution in [1.29, 1.82) is 0 Å². The van der Waals surface area contributed by atoms with Crippen LogP contribution >= 0.6 is 0 Å². The Hall–Kier alpha value is -1.86. The number of hydrogen-bond acceptors (Lipinski definition) is 3. The average Bonchev–Trinajstić information content (AvgIpc) is 2.56. The molecular formula is C17H25N3O3S. The molecule has 7 heteroatoms. The molecule has 2 amide bonds. The van der Waals surface area contributed by atoms with Crippen LogP contribution in [0.5, 0.6) is 0 Å². The van der Waals surface area contributed by atoms with Crippen molar-refractivity contribution < 1.29 is 13.2 Å². The van der Waals surface area contributed by atoms with Gasteiger partial charge in [0.2, 0.25) is 10.0 Å². The predicted octanol–water partition coefficient (Wildman–Crippen LogP) is 2.95. The van der Waals surface area contributed by atoms with E-state index in [1.54, 1.807) is 12.1 Å². The Bertz CT molecular complexity index is 665. The number of nitrogens with one attached hydrogen (secondary N) is 2. The van der Waals surface area contributed by atoms with E-state index in [1.165, 1.54) is 36.0 Å². The molecule has 0 saturated heterocycles. The van der Waals surface area contributed by atoms with E-state index in [9.17, 15) is 13.2 Å². The molecule has 0 unspecified atom stereocenters. The smallest absolute Gasteiger partial charge is 0.319 e. The summed E-state index contributed by atoms with van der Waals surface area (Å²) in [4.78, 5) is 12.2. The van der Waals surface area contributed by atoms with Gasteiger partial charge in [-0.3, -0.25) is 0 Å². The molecule has 0 heterocycles. The van der Waals surface area contributed by atoms with Crippen molar-refractivity contribution in [3.05, 3.63) is 36.9 Å². The van der Waals surface area contributed by atoms with Crippen molar-refractivity contribution in [3.8, 4) is 0 Å². The van der Waals surface area contributed by atoms with Crippen LogP contribution < -0.4 is 10.6 Å². The van der Waals surface area contributed by atoms with Crippen molar-refractivity contribution in [1.82, 2.24) is 9.62 Å². The van der Waals surface area contributed by atoms with Gasteiger partial charge in [-0.25, -0.2) is 13.2 Å². The Morgan fingerprint density at radius 1 is 1.25 bits per heavy atom. The van der Waals surface area contributed by atoms with Crippen LogP contribution in [0.2, 0.25) is 0 Å². The highest BCUT2D eigenvalue weighted by Gasteiger charge is 2.20. The Kier molecular flexibility index (Phi) is 6.39. The van der Waals surface area contributed by atoms with Gasteiger partial charge < -0.3 is 10.6 Å². The minimum absolute atomic E-state index is 0.185. The minimum atomic E-state index is -3.54. The van der Waals surface area contributed by atoms with E-state index in [4.69, 9.17) is 0 Å². The Morgan fingerprint density at radius 2 is 1.88 bits per heavy atom. The number of nitrogens with zero attached hydrogens (tertiary/aromatic N) is 1. The van der Waals surface area contributed by atoms with E-state index in [0.717, 1.165) is 25.7 Å². The molecule has 0 aliphatic heterocycles. The Labute approximate surface area is 144 Å². The van der Waals surface area contributed by atoms with Crippen LogP contribution in [-0.4, -0.2) is 38.4 Å². The van der Waals surface area contributed by atoms with Crippen molar-refractivity contribution in [2.24, 2.45) is 0 Å². The highest BCUT2D eigenvalue weighted by atomic mass is 32.2. The highest BCUT2D eigenvalue weighted by Crippen LogP contribution is 2.19. The average molecular weight is 351 g/mol. The molecule has 6 nitrogen and oxygen atoms in total. The summed E-state index contributed by atoms with van der Waals surface area (Å²) in [6, 6.07) is 6.15. The zero-order valence-electron chi connectivity index (χ0n) is 14.0. The highest BCUT2D eigenvalue weighted by molar-refractivity contribution is 7.89. The summed E-state index contributed by atoms with van der Waals surface area (Å²) in [7, 11) is -2.03. The summed E-state index contributed by atoms with van der Waals surface area (Å²) >= 11 is 0. The predicted molar refractivity (Wildman–Crippen MR) is 95.5 cm³/mol. The Morgan fingerprint density at radius 3 is 2.46 bits per heavy atom. The molecule has 1 fully saturated rings. The fraction of sp³-hybridized carbons (Fsp3) is 0.471. The van der Waals surface area contributed by atoms with E-state index >= 15 is 0 Å². The first-order valence-electron chi connectivity index (χ1n) is 8.18. The van der Waals surface area contributed by atoms with Crippen LogP contribution in [0.3, 0.4) is 0 Å². The molecule has 0 aromatic heterocycles. The molecule has 0 spiro atoms. The fourth-order valence-electron chi connectivity index (χ4n) is 2.77. The lowest BCUT2D eigenvalue weighted by atomic mass is 9.96. The van der Waals surface area contributed by atoms with Gasteiger partial charge in [0.05, 0.1) is 4.90 Å². The van der Waals surface area contributed by atoms with E-state index in [2.05, 4.69) is 17.2 Å². The lowest BCUT2D eigenvalue weighted by molar-refractivity contribution is 0.244. The first-order valence-corrected chi connectivity index (χ1v) is 9.62. The van der Waals surface area contributed by atoms with Gasteiger partial charge in [0.25, 0.3) is 0 Å². The first-order chi connectivity index (χ1) is 11.4. The number of amides is 2. The summed E-state index contributed by atoms with van der Waals surface area (Å²) in [5.74, 6) is 0. The second-order valence-electron chi connectivity index (χ2n) is 6.03. The standard InChI is InChI=1S/C17H25N3O3S/c1-3-13-20(2)24(22,23)16-11-9-15(10-12-16)19-17(21)18-14-7-5-4-6-8-14/h3,9-12,14H,1,4-8,13H2,2H3,(H2,18,19,21). The number of carbonyl (C=O) groups is 1. The molecule has 1 aromatic carbocycles. The zero-order valence-corrected chi connectivity index (χ0v) is 14.8. The van der Waals surface area contributed by atoms with Gasteiger partial charge in [-0.15, -0.1) is 6.58 Å². The number of rotatable bonds is 6. The van der Waals surface area contributed by atoms with E-state index in [-0.39, 0.29) is 23.5 Å². The zero-order chi connectivity index (χ0) is 17.6. The van der Waals surface area contributed by atoms with Gasteiger partial charge in [-0.1, -0.05) is 25.3 Å². The topological polar surface area (TPSA) is 78.5 Å². The lowest BCUT2D eigenvalue weighted by Crippen LogP contribution is -2.39. The molecular weight excluding hydrogens is 326 g/mol. The van der Waals surface area contributed by atoms with Crippen molar-refractivity contribution in [2.75, 3.05) is 18.9 Å². The number of sulfonamides is 1. The largest absolute Gasteiger partial charge is 0.335 e. The van der Waals surface area contributed by atoms with Crippen LogP contribution in [0, 0.1) is 0 Å². The monoisotopic (exact) mass is 351 g/mol. The summed E-state index contributed by atoms with van der Waals surface area (Å²) in [5.41, 5.74) is 0.564. The second-order valence-corrected chi connectivity index (χ2v) is 8.08. The van der Waals surface area contributed by atoms with Crippen molar-refractivity contribution in [3.63, 3.8) is 0 Å². The van der Waals surface area contributed by atoms with Crippen LogP contribution in [0.15, 0.2) is 41.8 Å². The third kappa shape index (κ3) is 4.82. The Balaban J connectivity index is 1.96. The van der Waals surface area contributed by atoms with Gasteiger partial charge in [0.1, 0.15) is 0 Å². The number of benzene rings is 1. The number of hydrogen-bond donors (Lipinski definition) is 2. The molecule has 1 saturated carbocycles. The van der Waals surface area contributed by atoms with Crippen LogP contribution in [0.25, 0.3) is 0 Å².